The van der Waals surface area contributed by atoms with E-state index >= 15 is 0 Å². The van der Waals surface area contributed by atoms with Gasteiger partial charge in [0.05, 0.1) is 26.0 Å². The van der Waals surface area contributed by atoms with E-state index in [1.165, 1.54) is 17.5 Å². The number of methoxy groups -OCH3 is 1. The van der Waals surface area contributed by atoms with Crippen molar-refractivity contribution in [3.63, 3.8) is 0 Å². The molecule has 0 fully saturated rings. The van der Waals surface area contributed by atoms with Crippen LogP contribution in [0.4, 0.5) is 5.69 Å². The normalized spacial score (nSPS) is 17.5. The molecule has 2 heterocycles. The van der Waals surface area contributed by atoms with E-state index < -0.39 is 0 Å². The minimum absolute atomic E-state index is 0.136. The molecular weight excluding hydrogens is 368 g/mol. The average molecular weight is 390 g/mol. The maximum absolute atomic E-state index is 12.8. The first-order chi connectivity index (χ1) is 14.2. The molecule has 1 unspecified atom stereocenters. The van der Waals surface area contributed by atoms with Gasteiger partial charge in [-0.05, 0) is 60.2 Å². The maximum Gasteiger partial charge on any atom is 0.278 e. The number of rotatable bonds is 4. The number of aromatic nitrogens is 3. The van der Waals surface area contributed by atoms with Crippen LogP contribution in [0.1, 0.15) is 45.4 Å². The van der Waals surface area contributed by atoms with Crippen LogP contribution in [0.25, 0.3) is 0 Å². The number of carbonyl (C=O) groups is 1. The third-order valence-corrected chi connectivity index (χ3v) is 5.66. The fourth-order valence-corrected chi connectivity index (χ4v) is 4.05. The predicted molar refractivity (Wildman–Crippen MR) is 107 cm³/mol. The Hall–Kier alpha value is -3.19. The highest BCUT2D eigenvalue weighted by Gasteiger charge is 2.28. The highest BCUT2D eigenvalue weighted by Crippen LogP contribution is 2.29. The number of benzene rings is 2. The summed E-state index contributed by atoms with van der Waals surface area (Å²) in [6.45, 7) is 0.803. The first-order valence-electron chi connectivity index (χ1n) is 9.82. The van der Waals surface area contributed by atoms with Gasteiger partial charge in [0.1, 0.15) is 11.9 Å². The van der Waals surface area contributed by atoms with Crippen molar-refractivity contribution in [2.45, 2.75) is 38.5 Å². The number of anilines is 1. The number of aryl methyl sites for hydroxylation is 2. The Bertz CT molecular complexity index is 1060. The Kier molecular flexibility index (Phi) is 4.52. The van der Waals surface area contributed by atoms with E-state index in [2.05, 4.69) is 27.8 Å². The summed E-state index contributed by atoms with van der Waals surface area (Å²) in [7, 11) is 1.64. The molecule has 7 heteroatoms. The van der Waals surface area contributed by atoms with Crippen molar-refractivity contribution in [2.24, 2.45) is 0 Å². The lowest BCUT2D eigenvalue weighted by atomic mass is 10.1. The van der Waals surface area contributed by atoms with Gasteiger partial charge in [-0.2, -0.15) is 0 Å². The van der Waals surface area contributed by atoms with Crippen LogP contribution in [-0.2, 0) is 30.7 Å². The fourth-order valence-electron chi connectivity index (χ4n) is 4.05. The lowest BCUT2D eigenvalue weighted by Gasteiger charge is -2.24. The molecule has 1 aliphatic carbocycles. The van der Waals surface area contributed by atoms with Crippen LogP contribution in [0.2, 0.25) is 0 Å². The van der Waals surface area contributed by atoms with Crippen molar-refractivity contribution in [1.82, 2.24) is 15.0 Å². The molecule has 0 bridgehead atoms. The summed E-state index contributed by atoms with van der Waals surface area (Å²) in [4.78, 5) is 12.8. The van der Waals surface area contributed by atoms with Crippen molar-refractivity contribution < 1.29 is 14.3 Å². The monoisotopic (exact) mass is 390 g/mol. The van der Waals surface area contributed by atoms with Gasteiger partial charge in [-0.25, -0.2) is 4.68 Å². The summed E-state index contributed by atoms with van der Waals surface area (Å²) in [6.07, 6.45) is 3.23. The highest BCUT2D eigenvalue weighted by molar-refractivity contribution is 6.03. The molecule has 2 aliphatic rings. The van der Waals surface area contributed by atoms with E-state index in [-0.39, 0.29) is 18.6 Å². The second kappa shape index (κ2) is 7.33. The molecule has 7 nitrogen and oxygen atoms in total. The standard InChI is InChI=1S/C22H22N4O3/c1-28-18-9-6-15(7-10-18)20-12-26-19(13-29-20)21(24-25-26)22(27)23-17-8-5-14-3-2-4-16(14)11-17/h5-11,20H,2-4,12-13H2,1H3,(H,23,27). The zero-order chi connectivity index (χ0) is 19.8. The van der Waals surface area contributed by atoms with E-state index in [4.69, 9.17) is 9.47 Å². The first kappa shape index (κ1) is 17.9. The van der Waals surface area contributed by atoms with Gasteiger partial charge in [-0.15, -0.1) is 5.10 Å². The van der Waals surface area contributed by atoms with Gasteiger partial charge in [0.15, 0.2) is 5.69 Å². The van der Waals surface area contributed by atoms with E-state index in [9.17, 15) is 4.79 Å². The van der Waals surface area contributed by atoms with Crippen molar-refractivity contribution >= 4 is 11.6 Å². The summed E-state index contributed by atoms with van der Waals surface area (Å²) < 4.78 is 13.0. The number of hydrogen-bond donors (Lipinski definition) is 1. The predicted octanol–water partition coefficient (Wildman–Crippen LogP) is 3.30. The lowest BCUT2D eigenvalue weighted by molar-refractivity contribution is -0.00173. The smallest absolute Gasteiger partial charge is 0.278 e. The molecule has 1 aromatic heterocycles. The average Bonchev–Trinajstić information content (AvgIpc) is 3.39. The quantitative estimate of drug-likeness (QED) is 0.740. The highest BCUT2D eigenvalue weighted by atomic mass is 16.5. The molecule has 0 spiro atoms. The number of hydrogen-bond acceptors (Lipinski definition) is 5. The number of nitrogens with one attached hydrogen (secondary N) is 1. The van der Waals surface area contributed by atoms with Crippen LogP contribution in [-0.4, -0.2) is 28.0 Å². The minimum atomic E-state index is -0.254. The number of fused-ring (bicyclic) bond motifs is 2. The third-order valence-electron chi connectivity index (χ3n) is 5.66. The Morgan fingerprint density at radius 3 is 2.83 bits per heavy atom. The van der Waals surface area contributed by atoms with Gasteiger partial charge in [-0.1, -0.05) is 23.4 Å². The number of carbonyl (C=O) groups excluding carboxylic acids is 1. The van der Waals surface area contributed by atoms with Gasteiger partial charge < -0.3 is 14.8 Å². The number of nitrogens with zero attached hydrogens (tertiary/aromatic N) is 3. The topological polar surface area (TPSA) is 78.3 Å². The van der Waals surface area contributed by atoms with Gasteiger partial charge in [0.2, 0.25) is 0 Å². The summed E-state index contributed by atoms with van der Waals surface area (Å²) in [5.74, 6) is 0.548. The largest absolute Gasteiger partial charge is 0.497 e. The Morgan fingerprint density at radius 2 is 2.00 bits per heavy atom. The van der Waals surface area contributed by atoms with E-state index in [1.807, 2.05) is 30.3 Å². The van der Waals surface area contributed by atoms with Crippen molar-refractivity contribution in [2.75, 3.05) is 12.4 Å². The number of ether oxygens (including phenoxy) is 2. The SMILES string of the molecule is COc1ccc(C2Cn3nnc(C(=O)Nc4ccc5c(c4)CCC5)c3CO2)cc1. The van der Waals surface area contributed by atoms with Gasteiger partial charge >= 0.3 is 0 Å². The molecule has 1 atom stereocenters. The zero-order valence-electron chi connectivity index (χ0n) is 16.2. The molecule has 1 amide bonds. The molecule has 5 rings (SSSR count). The summed E-state index contributed by atoms with van der Waals surface area (Å²) in [5.41, 5.74) is 5.55. The van der Waals surface area contributed by atoms with Crippen LogP contribution in [0.5, 0.6) is 5.75 Å². The Labute approximate surface area is 168 Å². The molecule has 29 heavy (non-hydrogen) atoms. The van der Waals surface area contributed by atoms with Gasteiger partial charge in [0, 0.05) is 5.69 Å². The van der Waals surface area contributed by atoms with Gasteiger partial charge in [0.25, 0.3) is 5.91 Å². The van der Waals surface area contributed by atoms with Crippen molar-refractivity contribution in [1.29, 1.82) is 0 Å². The summed E-state index contributed by atoms with van der Waals surface area (Å²) in [6, 6.07) is 13.9. The molecule has 3 aromatic rings. The molecule has 0 saturated heterocycles. The van der Waals surface area contributed by atoms with Crippen molar-refractivity contribution in [3.05, 3.63) is 70.5 Å². The molecule has 1 N–H and O–H groups in total. The van der Waals surface area contributed by atoms with Gasteiger partial charge in [-0.3, -0.25) is 4.79 Å². The van der Waals surface area contributed by atoms with Crippen LogP contribution in [0.15, 0.2) is 42.5 Å². The van der Waals surface area contributed by atoms with E-state index in [0.717, 1.165) is 29.8 Å². The lowest BCUT2D eigenvalue weighted by Crippen LogP contribution is -2.24. The van der Waals surface area contributed by atoms with Crippen LogP contribution < -0.4 is 10.1 Å². The number of amides is 1. The van der Waals surface area contributed by atoms with E-state index in [1.54, 1.807) is 11.8 Å². The van der Waals surface area contributed by atoms with E-state index in [0.29, 0.717) is 17.9 Å². The molecule has 0 saturated carbocycles. The summed E-state index contributed by atoms with van der Waals surface area (Å²) >= 11 is 0. The molecule has 148 valence electrons. The molecular formula is C22H22N4O3. The fraction of sp³-hybridized carbons (Fsp3) is 0.318. The minimum Gasteiger partial charge on any atom is -0.497 e. The summed E-state index contributed by atoms with van der Waals surface area (Å²) in [5, 5.41) is 11.3. The van der Waals surface area contributed by atoms with Crippen molar-refractivity contribution in [3.8, 4) is 5.75 Å². The second-order valence-electron chi connectivity index (χ2n) is 7.43. The van der Waals surface area contributed by atoms with Crippen LogP contribution >= 0.6 is 0 Å². The Morgan fingerprint density at radius 1 is 1.17 bits per heavy atom. The third kappa shape index (κ3) is 3.38. The first-order valence-corrected chi connectivity index (χ1v) is 9.82. The zero-order valence-corrected chi connectivity index (χ0v) is 16.2. The molecule has 1 aliphatic heterocycles. The Balaban J connectivity index is 1.31. The second-order valence-corrected chi connectivity index (χ2v) is 7.43. The molecule has 2 aromatic carbocycles. The van der Waals surface area contributed by atoms with Crippen LogP contribution in [0, 0.1) is 0 Å². The maximum atomic E-state index is 12.8. The molecule has 0 radical (unpaired) electrons. The van der Waals surface area contributed by atoms with Crippen LogP contribution in [0.3, 0.4) is 0 Å².